The van der Waals surface area contributed by atoms with Crippen molar-refractivity contribution in [3.8, 4) is 5.75 Å². The molecule has 1 aromatic carbocycles. The van der Waals surface area contributed by atoms with Crippen LogP contribution in [0.25, 0.3) is 0 Å². The molecule has 0 unspecified atom stereocenters. The van der Waals surface area contributed by atoms with Crippen molar-refractivity contribution in [2.24, 2.45) is 0 Å². The van der Waals surface area contributed by atoms with E-state index in [2.05, 4.69) is 15.9 Å². The van der Waals surface area contributed by atoms with Crippen molar-refractivity contribution in [3.05, 3.63) is 28.2 Å². The topological polar surface area (TPSA) is 38.7 Å². The first kappa shape index (κ1) is 12.5. The maximum absolute atomic E-state index is 8.49. The summed E-state index contributed by atoms with van der Waals surface area (Å²) >= 11 is 3.39. The quantitative estimate of drug-likeness (QED) is 0.808. The molecule has 0 radical (unpaired) electrons. The van der Waals surface area contributed by atoms with Gasteiger partial charge in [-0.25, -0.2) is 0 Å². The average molecular weight is 275 g/mol. The van der Waals surface area contributed by atoms with E-state index in [4.69, 9.17) is 14.6 Å². The van der Waals surface area contributed by atoms with Crippen LogP contribution in [0.4, 0.5) is 0 Å². The fourth-order valence-corrected chi connectivity index (χ4v) is 1.63. The van der Waals surface area contributed by atoms with Crippen LogP contribution in [0.5, 0.6) is 5.75 Å². The fourth-order valence-electron chi connectivity index (χ4n) is 1.15. The van der Waals surface area contributed by atoms with E-state index >= 15 is 0 Å². The minimum absolute atomic E-state index is 0.0529. The average Bonchev–Trinajstić information content (AvgIpc) is 2.20. The van der Waals surface area contributed by atoms with Crippen LogP contribution in [-0.2, 0) is 4.74 Å². The second-order valence-electron chi connectivity index (χ2n) is 3.09. The van der Waals surface area contributed by atoms with E-state index in [9.17, 15) is 0 Å². The van der Waals surface area contributed by atoms with Crippen molar-refractivity contribution in [3.63, 3.8) is 0 Å². The monoisotopic (exact) mass is 274 g/mol. The Morgan fingerprint density at radius 1 is 1.27 bits per heavy atom. The Hall–Kier alpha value is -0.580. The Morgan fingerprint density at radius 3 is 2.73 bits per heavy atom. The van der Waals surface area contributed by atoms with Crippen molar-refractivity contribution in [1.29, 1.82) is 0 Å². The van der Waals surface area contributed by atoms with Gasteiger partial charge < -0.3 is 14.6 Å². The molecule has 84 valence electrons. The molecule has 0 amide bonds. The third-order valence-corrected chi connectivity index (χ3v) is 2.35. The summed E-state index contributed by atoms with van der Waals surface area (Å²) in [5.41, 5.74) is 1.09. The van der Waals surface area contributed by atoms with Gasteiger partial charge in [0, 0.05) is 4.47 Å². The summed E-state index contributed by atoms with van der Waals surface area (Å²) in [6, 6.07) is 5.87. The normalized spacial score (nSPS) is 10.3. The van der Waals surface area contributed by atoms with Crippen molar-refractivity contribution in [1.82, 2.24) is 0 Å². The Labute approximate surface area is 98.1 Å². The van der Waals surface area contributed by atoms with Crippen LogP contribution >= 0.6 is 15.9 Å². The largest absolute Gasteiger partial charge is 0.491 e. The number of benzene rings is 1. The molecule has 1 rings (SSSR count). The van der Waals surface area contributed by atoms with E-state index in [1.54, 1.807) is 0 Å². The highest BCUT2D eigenvalue weighted by molar-refractivity contribution is 9.10. The van der Waals surface area contributed by atoms with Gasteiger partial charge in [-0.15, -0.1) is 0 Å². The van der Waals surface area contributed by atoms with Crippen molar-refractivity contribution < 1.29 is 14.6 Å². The molecule has 0 aliphatic carbocycles. The fraction of sp³-hybridized carbons (Fsp3) is 0.455. The van der Waals surface area contributed by atoms with Gasteiger partial charge >= 0.3 is 0 Å². The Morgan fingerprint density at radius 2 is 2.07 bits per heavy atom. The van der Waals surface area contributed by atoms with Gasteiger partial charge in [-0.05, 0) is 30.7 Å². The Kier molecular flexibility index (Phi) is 5.68. The van der Waals surface area contributed by atoms with E-state index in [1.165, 1.54) is 0 Å². The van der Waals surface area contributed by atoms with Crippen LogP contribution in [0, 0.1) is 6.92 Å². The molecular formula is C11H15BrO3. The molecule has 0 aromatic heterocycles. The van der Waals surface area contributed by atoms with Gasteiger partial charge in [-0.2, -0.15) is 0 Å². The van der Waals surface area contributed by atoms with Crippen molar-refractivity contribution >= 4 is 15.9 Å². The second-order valence-corrected chi connectivity index (χ2v) is 4.01. The van der Waals surface area contributed by atoms with Crippen LogP contribution in [0.3, 0.4) is 0 Å². The molecule has 0 atom stereocenters. The number of hydrogen-bond acceptors (Lipinski definition) is 3. The molecule has 0 aliphatic heterocycles. The van der Waals surface area contributed by atoms with E-state index < -0.39 is 0 Å². The molecule has 0 aliphatic rings. The van der Waals surface area contributed by atoms with Crippen molar-refractivity contribution in [2.45, 2.75) is 6.92 Å². The first-order valence-corrected chi connectivity index (χ1v) is 5.61. The number of rotatable bonds is 6. The van der Waals surface area contributed by atoms with Gasteiger partial charge in [-0.1, -0.05) is 15.9 Å². The van der Waals surface area contributed by atoms with Gasteiger partial charge in [0.1, 0.15) is 12.4 Å². The number of aliphatic hydroxyl groups is 1. The van der Waals surface area contributed by atoms with Gasteiger partial charge in [0.05, 0.1) is 19.8 Å². The molecular weight excluding hydrogens is 260 g/mol. The summed E-state index contributed by atoms with van der Waals surface area (Å²) in [5, 5.41) is 8.49. The summed E-state index contributed by atoms with van der Waals surface area (Å²) in [5.74, 6) is 0.866. The molecule has 0 heterocycles. The summed E-state index contributed by atoms with van der Waals surface area (Å²) < 4.78 is 11.6. The molecule has 1 aromatic rings. The smallest absolute Gasteiger partial charge is 0.122 e. The lowest BCUT2D eigenvalue weighted by Crippen LogP contribution is -2.09. The van der Waals surface area contributed by atoms with Gasteiger partial charge in [0.2, 0.25) is 0 Å². The van der Waals surface area contributed by atoms with Gasteiger partial charge in [0.15, 0.2) is 0 Å². The highest BCUT2D eigenvalue weighted by atomic mass is 79.9. The Balaban J connectivity index is 2.31. The van der Waals surface area contributed by atoms with Gasteiger partial charge in [-0.3, -0.25) is 0 Å². The summed E-state index contributed by atoms with van der Waals surface area (Å²) in [6.45, 7) is 3.41. The van der Waals surface area contributed by atoms with E-state index in [0.29, 0.717) is 19.8 Å². The van der Waals surface area contributed by atoms with Crippen LogP contribution in [-0.4, -0.2) is 31.5 Å². The van der Waals surface area contributed by atoms with Crippen LogP contribution in [0.2, 0.25) is 0 Å². The highest BCUT2D eigenvalue weighted by Crippen LogP contribution is 2.21. The maximum Gasteiger partial charge on any atom is 0.122 e. The SMILES string of the molecule is Cc1cc(Br)ccc1OCCOCCO. The zero-order chi connectivity index (χ0) is 11.1. The molecule has 0 bridgehead atoms. The third kappa shape index (κ3) is 4.64. The highest BCUT2D eigenvalue weighted by Gasteiger charge is 1.99. The first-order chi connectivity index (χ1) is 7.24. The number of aryl methyl sites for hydroxylation is 1. The van der Waals surface area contributed by atoms with Crippen LogP contribution in [0.1, 0.15) is 5.56 Å². The predicted octanol–water partition coefficient (Wildman–Crippen LogP) is 2.15. The zero-order valence-electron chi connectivity index (χ0n) is 8.70. The van der Waals surface area contributed by atoms with Crippen LogP contribution in [0.15, 0.2) is 22.7 Å². The van der Waals surface area contributed by atoms with E-state index in [-0.39, 0.29) is 6.61 Å². The molecule has 0 fully saturated rings. The summed E-state index contributed by atoms with van der Waals surface area (Å²) in [4.78, 5) is 0. The zero-order valence-corrected chi connectivity index (χ0v) is 10.3. The van der Waals surface area contributed by atoms with E-state index in [0.717, 1.165) is 15.8 Å². The standard InChI is InChI=1S/C11H15BrO3/c1-9-8-10(12)2-3-11(9)15-7-6-14-5-4-13/h2-3,8,13H,4-7H2,1H3. The minimum atomic E-state index is 0.0529. The number of halogens is 1. The molecule has 4 heteroatoms. The first-order valence-electron chi connectivity index (χ1n) is 4.81. The lowest BCUT2D eigenvalue weighted by Gasteiger charge is -2.09. The van der Waals surface area contributed by atoms with Crippen molar-refractivity contribution in [2.75, 3.05) is 26.4 Å². The van der Waals surface area contributed by atoms with Gasteiger partial charge in [0.25, 0.3) is 0 Å². The van der Waals surface area contributed by atoms with E-state index in [1.807, 2.05) is 25.1 Å². The molecule has 3 nitrogen and oxygen atoms in total. The molecule has 15 heavy (non-hydrogen) atoms. The second kappa shape index (κ2) is 6.82. The minimum Gasteiger partial charge on any atom is -0.491 e. The number of ether oxygens (including phenoxy) is 2. The molecule has 0 spiro atoms. The molecule has 1 N–H and O–H groups in total. The lowest BCUT2D eigenvalue weighted by molar-refractivity contribution is 0.0704. The summed E-state index contributed by atoms with van der Waals surface area (Å²) in [6.07, 6.45) is 0. The maximum atomic E-state index is 8.49. The number of aliphatic hydroxyl groups excluding tert-OH is 1. The summed E-state index contributed by atoms with van der Waals surface area (Å²) in [7, 11) is 0. The molecule has 0 saturated carbocycles. The third-order valence-electron chi connectivity index (χ3n) is 1.86. The molecule has 0 saturated heterocycles. The predicted molar refractivity (Wildman–Crippen MR) is 62.3 cm³/mol. The number of hydrogen-bond donors (Lipinski definition) is 1. The van der Waals surface area contributed by atoms with Crippen LogP contribution < -0.4 is 4.74 Å². The lowest BCUT2D eigenvalue weighted by atomic mass is 10.2. The Bertz CT molecular complexity index is 302.